The number of benzene rings is 1. The fourth-order valence-corrected chi connectivity index (χ4v) is 1.59. The second kappa shape index (κ2) is 4.56. The molecule has 1 aromatic carbocycles. The van der Waals surface area contributed by atoms with Crippen LogP contribution >= 0.6 is 0 Å². The molecule has 94 valence electrons. The van der Waals surface area contributed by atoms with Crippen molar-refractivity contribution in [2.24, 2.45) is 0 Å². The fourth-order valence-electron chi connectivity index (χ4n) is 1.59. The molecule has 0 radical (unpaired) electrons. The van der Waals surface area contributed by atoms with Gasteiger partial charge in [-0.25, -0.2) is 13.8 Å². The lowest BCUT2D eigenvalue weighted by molar-refractivity contribution is -0.137. The standard InChI is InChI=1S/C12H10F2N2O2/c1-6(12(17)18)16-11-9-4-7(13)5-10(14)8(9)2-3-15-11/h2-6H,1H3,(H,15,16)(H,17,18). The van der Waals surface area contributed by atoms with Crippen molar-refractivity contribution in [1.82, 2.24) is 4.98 Å². The SMILES string of the molecule is CC(Nc1nccc2c(F)cc(F)cc12)C(=O)O. The Labute approximate surface area is 101 Å². The molecule has 0 aliphatic heterocycles. The number of anilines is 1. The Morgan fingerprint density at radius 2 is 2.11 bits per heavy atom. The Morgan fingerprint density at radius 1 is 1.39 bits per heavy atom. The Bertz CT molecular complexity index is 616. The smallest absolute Gasteiger partial charge is 0.325 e. The van der Waals surface area contributed by atoms with Crippen LogP contribution < -0.4 is 5.32 Å². The number of nitrogens with zero attached hydrogens (tertiary/aromatic N) is 1. The first kappa shape index (κ1) is 12.2. The fraction of sp³-hybridized carbons (Fsp3) is 0.167. The van der Waals surface area contributed by atoms with Crippen LogP contribution in [0.2, 0.25) is 0 Å². The van der Waals surface area contributed by atoms with Crippen molar-refractivity contribution in [3.05, 3.63) is 36.0 Å². The molecule has 1 aromatic heterocycles. The molecule has 0 aliphatic rings. The molecule has 0 aliphatic carbocycles. The summed E-state index contributed by atoms with van der Waals surface area (Å²) >= 11 is 0. The van der Waals surface area contributed by atoms with Gasteiger partial charge in [-0.3, -0.25) is 4.79 Å². The minimum atomic E-state index is -1.08. The number of halogens is 2. The van der Waals surface area contributed by atoms with Crippen LogP contribution in [0.4, 0.5) is 14.6 Å². The summed E-state index contributed by atoms with van der Waals surface area (Å²) in [5, 5.41) is 11.8. The van der Waals surface area contributed by atoms with Crippen molar-refractivity contribution in [1.29, 1.82) is 0 Å². The van der Waals surface area contributed by atoms with Crippen molar-refractivity contribution in [2.75, 3.05) is 5.32 Å². The van der Waals surface area contributed by atoms with E-state index in [1.807, 2.05) is 0 Å². The lowest BCUT2D eigenvalue weighted by atomic mass is 10.1. The molecular formula is C12H10F2N2O2. The summed E-state index contributed by atoms with van der Waals surface area (Å²) in [6.07, 6.45) is 1.33. The van der Waals surface area contributed by atoms with E-state index in [9.17, 15) is 13.6 Å². The van der Waals surface area contributed by atoms with Crippen LogP contribution in [0.5, 0.6) is 0 Å². The molecular weight excluding hydrogens is 242 g/mol. The number of carbonyl (C=O) groups is 1. The number of rotatable bonds is 3. The van der Waals surface area contributed by atoms with Crippen molar-refractivity contribution in [3.8, 4) is 0 Å². The highest BCUT2D eigenvalue weighted by atomic mass is 19.1. The largest absolute Gasteiger partial charge is 0.480 e. The molecule has 2 rings (SSSR count). The zero-order valence-electron chi connectivity index (χ0n) is 9.45. The summed E-state index contributed by atoms with van der Waals surface area (Å²) in [6.45, 7) is 1.42. The third-order valence-electron chi connectivity index (χ3n) is 2.52. The van der Waals surface area contributed by atoms with Gasteiger partial charge in [-0.2, -0.15) is 0 Å². The van der Waals surface area contributed by atoms with Crippen molar-refractivity contribution in [2.45, 2.75) is 13.0 Å². The quantitative estimate of drug-likeness (QED) is 0.880. The number of carboxylic acid groups (broad SMARTS) is 1. The maximum absolute atomic E-state index is 13.5. The van der Waals surface area contributed by atoms with Crippen LogP contribution in [0.25, 0.3) is 10.8 Å². The highest BCUT2D eigenvalue weighted by molar-refractivity contribution is 5.93. The van der Waals surface area contributed by atoms with E-state index < -0.39 is 23.6 Å². The molecule has 2 aromatic rings. The van der Waals surface area contributed by atoms with Gasteiger partial charge in [0.15, 0.2) is 0 Å². The van der Waals surface area contributed by atoms with E-state index in [-0.39, 0.29) is 16.6 Å². The second-order valence-corrected chi connectivity index (χ2v) is 3.85. The molecule has 0 amide bonds. The van der Waals surface area contributed by atoms with Gasteiger partial charge >= 0.3 is 5.97 Å². The highest BCUT2D eigenvalue weighted by Crippen LogP contribution is 2.25. The number of aromatic nitrogens is 1. The average molecular weight is 252 g/mol. The molecule has 18 heavy (non-hydrogen) atoms. The zero-order chi connectivity index (χ0) is 13.3. The van der Waals surface area contributed by atoms with E-state index in [0.29, 0.717) is 0 Å². The maximum Gasteiger partial charge on any atom is 0.325 e. The number of aliphatic carboxylic acids is 1. The van der Waals surface area contributed by atoms with E-state index in [0.717, 1.165) is 12.1 Å². The first-order valence-corrected chi connectivity index (χ1v) is 5.22. The normalized spacial score (nSPS) is 12.4. The molecule has 0 saturated carbocycles. The molecule has 0 spiro atoms. The van der Waals surface area contributed by atoms with Gasteiger partial charge in [0.1, 0.15) is 23.5 Å². The van der Waals surface area contributed by atoms with Gasteiger partial charge in [-0.05, 0) is 19.1 Å². The summed E-state index contributed by atoms with van der Waals surface area (Å²) in [6, 6.07) is 2.38. The number of pyridine rings is 1. The van der Waals surface area contributed by atoms with Crippen LogP contribution in [0, 0.1) is 11.6 Å². The maximum atomic E-state index is 13.5. The summed E-state index contributed by atoms with van der Waals surface area (Å²) in [4.78, 5) is 14.6. The van der Waals surface area contributed by atoms with Crippen molar-refractivity contribution < 1.29 is 18.7 Å². The number of nitrogens with one attached hydrogen (secondary N) is 1. The molecule has 1 atom stereocenters. The second-order valence-electron chi connectivity index (χ2n) is 3.85. The summed E-state index contributed by atoms with van der Waals surface area (Å²) in [5.74, 6) is -2.39. The van der Waals surface area contributed by atoms with Crippen LogP contribution in [-0.4, -0.2) is 22.1 Å². The Hall–Kier alpha value is -2.24. The van der Waals surface area contributed by atoms with Gasteiger partial charge in [0, 0.05) is 23.0 Å². The molecule has 4 nitrogen and oxygen atoms in total. The first-order chi connectivity index (χ1) is 8.49. The third-order valence-corrected chi connectivity index (χ3v) is 2.52. The lowest BCUT2D eigenvalue weighted by Crippen LogP contribution is -2.26. The molecule has 0 saturated heterocycles. The van der Waals surface area contributed by atoms with E-state index in [1.54, 1.807) is 0 Å². The van der Waals surface area contributed by atoms with Gasteiger partial charge in [-0.15, -0.1) is 0 Å². The Kier molecular flexibility index (Phi) is 3.10. The van der Waals surface area contributed by atoms with Crippen molar-refractivity contribution >= 4 is 22.6 Å². The molecule has 1 unspecified atom stereocenters. The lowest BCUT2D eigenvalue weighted by Gasteiger charge is -2.12. The number of hydrogen-bond acceptors (Lipinski definition) is 3. The zero-order valence-corrected chi connectivity index (χ0v) is 9.45. The van der Waals surface area contributed by atoms with Crippen LogP contribution in [0.15, 0.2) is 24.4 Å². The Morgan fingerprint density at radius 3 is 2.78 bits per heavy atom. The predicted molar refractivity (Wildman–Crippen MR) is 62.4 cm³/mol. The summed E-state index contributed by atoms with van der Waals surface area (Å²) < 4.78 is 26.7. The van der Waals surface area contributed by atoms with E-state index >= 15 is 0 Å². The average Bonchev–Trinajstić information content (AvgIpc) is 2.29. The number of fused-ring (bicyclic) bond motifs is 1. The monoisotopic (exact) mass is 252 g/mol. The van der Waals surface area contributed by atoms with Gasteiger partial charge in [0.25, 0.3) is 0 Å². The summed E-state index contributed by atoms with van der Waals surface area (Å²) in [7, 11) is 0. The molecule has 0 fully saturated rings. The molecule has 0 bridgehead atoms. The molecule has 2 N–H and O–H groups in total. The first-order valence-electron chi connectivity index (χ1n) is 5.22. The van der Waals surface area contributed by atoms with Crippen LogP contribution in [-0.2, 0) is 4.79 Å². The minimum absolute atomic E-state index is 0.140. The van der Waals surface area contributed by atoms with E-state index in [1.165, 1.54) is 19.2 Å². The van der Waals surface area contributed by atoms with Crippen LogP contribution in [0.3, 0.4) is 0 Å². The van der Waals surface area contributed by atoms with Crippen molar-refractivity contribution in [3.63, 3.8) is 0 Å². The molecule has 1 heterocycles. The number of hydrogen-bond donors (Lipinski definition) is 2. The minimum Gasteiger partial charge on any atom is -0.480 e. The van der Waals surface area contributed by atoms with Crippen LogP contribution in [0.1, 0.15) is 6.92 Å². The van der Waals surface area contributed by atoms with Gasteiger partial charge in [0.2, 0.25) is 0 Å². The topological polar surface area (TPSA) is 62.2 Å². The third kappa shape index (κ3) is 2.22. The van der Waals surface area contributed by atoms with Gasteiger partial charge in [-0.1, -0.05) is 0 Å². The molecule has 6 heteroatoms. The Balaban J connectivity index is 2.54. The van der Waals surface area contributed by atoms with E-state index in [2.05, 4.69) is 10.3 Å². The van der Waals surface area contributed by atoms with Gasteiger partial charge < -0.3 is 10.4 Å². The highest BCUT2D eigenvalue weighted by Gasteiger charge is 2.14. The van der Waals surface area contributed by atoms with E-state index in [4.69, 9.17) is 5.11 Å². The number of carboxylic acids is 1. The summed E-state index contributed by atoms with van der Waals surface area (Å²) in [5.41, 5.74) is 0. The van der Waals surface area contributed by atoms with Gasteiger partial charge in [0.05, 0.1) is 0 Å². The predicted octanol–water partition coefficient (Wildman–Crippen LogP) is 2.40.